The molecule has 0 saturated heterocycles. The highest BCUT2D eigenvalue weighted by atomic mass is 35.5. The maximum atomic E-state index is 12.7. The molecule has 3 nitrogen and oxygen atoms in total. The van der Waals surface area contributed by atoms with Crippen molar-refractivity contribution in [2.45, 2.75) is 26.2 Å². The highest BCUT2D eigenvalue weighted by Crippen LogP contribution is 2.22. The Morgan fingerprint density at radius 3 is 2.68 bits per heavy atom. The van der Waals surface area contributed by atoms with Crippen LogP contribution in [0.5, 0.6) is 0 Å². The summed E-state index contributed by atoms with van der Waals surface area (Å²) in [4.78, 5) is 17.4. The molecular weight excluding hydrogens is 332 g/mol. The predicted molar refractivity (Wildman–Crippen MR) is 103 cm³/mol. The molecule has 3 aromatic rings. The lowest BCUT2D eigenvalue weighted by Crippen LogP contribution is -2.26. The maximum absolute atomic E-state index is 12.7. The molecule has 1 amide bonds. The molecule has 1 heterocycles. The number of halogens is 1. The van der Waals surface area contributed by atoms with Crippen molar-refractivity contribution >= 4 is 28.4 Å². The summed E-state index contributed by atoms with van der Waals surface area (Å²) in [6, 6.07) is 17.4. The number of nitrogens with one attached hydrogen (secondary N) is 1. The molecule has 0 aliphatic heterocycles. The van der Waals surface area contributed by atoms with Crippen molar-refractivity contribution in [2.24, 2.45) is 0 Å². The average Bonchev–Trinajstić information content (AvgIpc) is 2.60. The Kier molecular flexibility index (Phi) is 5.34. The zero-order valence-corrected chi connectivity index (χ0v) is 15.2. The van der Waals surface area contributed by atoms with Crippen molar-refractivity contribution in [3.05, 3.63) is 76.4 Å². The number of pyridine rings is 1. The largest absolute Gasteiger partial charge is 0.352 e. The summed E-state index contributed by atoms with van der Waals surface area (Å²) in [5.74, 6) is 0.199. The highest BCUT2D eigenvalue weighted by Gasteiger charge is 2.14. The first-order chi connectivity index (χ1) is 12.0. The van der Waals surface area contributed by atoms with Gasteiger partial charge in [-0.05, 0) is 42.2 Å². The molecule has 0 unspecified atom stereocenters. The molecule has 0 fully saturated rings. The van der Waals surface area contributed by atoms with Crippen LogP contribution in [0.15, 0.2) is 54.6 Å². The third-order valence-electron chi connectivity index (χ3n) is 4.16. The number of para-hydroxylation sites is 1. The van der Waals surface area contributed by atoms with Gasteiger partial charge in [0, 0.05) is 22.6 Å². The Morgan fingerprint density at radius 1 is 1.12 bits per heavy atom. The number of amides is 1. The van der Waals surface area contributed by atoms with E-state index in [0.717, 1.165) is 28.6 Å². The first kappa shape index (κ1) is 17.4. The number of rotatable bonds is 5. The molecule has 128 valence electrons. The van der Waals surface area contributed by atoms with Crippen LogP contribution in [0.25, 0.3) is 10.9 Å². The minimum Gasteiger partial charge on any atom is -0.352 e. The van der Waals surface area contributed by atoms with Crippen LogP contribution in [0.2, 0.25) is 5.02 Å². The SMILES string of the molecule is CC(C)c1cc(C(=O)NCCc2cccc(Cl)c2)c2ccccc2n1. The fraction of sp³-hybridized carbons (Fsp3) is 0.238. The van der Waals surface area contributed by atoms with Gasteiger partial charge in [-0.1, -0.05) is 55.8 Å². The summed E-state index contributed by atoms with van der Waals surface area (Å²) in [6.07, 6.45) is 0.742. The molecule has 0 bridgehead atoms. The van der Waals surface area contributed by atoms with Crippen LogP contribution in [0.3, 0.4) is 0 Å². The van der Waals surface area contributed by atoms with Gasteiger partial charge >= 0.3 is 0 Å². The predicted octanol–water partition coefficient (Wildman–Crippen LogP) is 4.98. The third kappa shape index (κ3) is 4.18. The number of fused-ring (bicyclic) bond motifs is 1. The number of nitrogens with zero attached hydrogens (tertiary/aromatic N) is 1. The molecule has 3 rings (SSSR count). The lowest BCUT2D eigenvalue weighted by Gasteiger charge is -2.12. The minimum atomic E-state index is -0.0671. The summed E-state index contributed by atoms with van der Waals surface area (Å²) in [7, 11) is 0. The van der Waals surface area contributed by atoms with Crippen molar-refractivity contribution in [2.75, 3.05) is 6.54 Å². The summed E-state index contributed by atoms with van der Waals surface area (Å²) >= 11 is 6.00. The molecule has 0 aliphatic carbocycles. The first-order valence-corrected chi connectivity index (χ1v) is 8.84. The van der Waals surface area contributed by atoms with Gasteiger partial charge in [-0.25, -0.2) is 0 Å². The molecular formula is C21H21ClN2O. The molecule has 0 aliphatic rings. The summed E-state index contributed by atoms with van der Waals surface area (Å²) < 4.78 is 0. The van der Waals surface area contributed by atoms with Gasteiger partial charge in [0.15, 0.2) is 0 Å². The van der Waals surface area contributed by atoms with Gasteiger partial charge in [0.1, 0.15) is 0 Å². The molecule has 0 saturated carbocycles. The molecule has 2 aromatic carbocycles. The van der Waals surface area contributed by atoms with Gasteiger partial charge < -0.3 is 5.32 Å². The lowest BCUT2D eigenvalue weighted by molar-refractivity contribution is 0.0955. The van der Waals surface area contributed by atoms with E-state index in [1.165, 1.54) is 0 Å². The quantitative estimate of drug-likeness (QED) is 0.703. The maximum Gasteiger partial charge on any atom is 0.252 e. The second kappa shape index (κ2) is 7.66. The molecule has 4 heteroatoms. The van der Waals surface area contributed by atoms with E-state index in [1.807, 2.05) is 54.6 Å². The molecule has 0 radical (unpaired) electrons. The molecule has 0 atom stereocenters. The van der Waals surface area contributed by atoms with E-state index in [-0.39, 0.29) is 11.8 Å². The normalized spacial score (nSPS) is 11.0. The van der Waals surface area contributed by atoms with E-state index in [4.69, 9.17) is 11.6 Å². The molecule has 0 spiro atoms. The van der Waals surface area contributed by atoms with Gasteiger partial charge in [-0.3, -0.25) is 9.78 Å². The Labute approximate surface area is 153 Å². The first-order valence-electron chi connectivity index (χ1n) is 8.47. The Hall–Kier alpha value is -2.39. The van der Waals surface area contributed by atoms with Crippen molar-refractivity contribution in [3.63, 3.8) is 0 Å². The van der Waals surface area contributed by atoms with E-state index in [0.29, 0.717) is 17.1 Å². The van der Waals surface area contributed by atoms with Crippen LogP contribution in [0, 0.1) is 0 Å². The van der Waals surface area contributed by atoms with Crippen LogP contribution in [0.1, 0.15) is 41.4 Å². The number of hydrogen-bond donors (Lipinski definition) is 1. The van der Waals surface area contributed by atoms with E-state index in [9.17, 15) is 4.79 Å². The monoisotopic (exact) mass is 352 g/mol. The van der Waals surface area contributed by atoms with Crippen molar-refractivity contribution in [1.82, 2.24) is 10.3 Å². The fourth-order valence-corrected chi connectivity index (χ4v) is 3.00. The molecule has 1 N–H and O–H groups in total. The summed E-state index contributed by atoms with van der Waals surface area (Å²) in [6.45, 7) is 4.72. The van der Waals surface area contributed by atoms with E-state index < -0.39 is 0 Å². The van der Waals surface area contributed by atoms with Crippen LogP contribution in [0.4, 0.5) is 0 Å². The smallest absolute Gasteiger partial charge is 0.252 e. The summed E-state index contributed by atoms with van der Waals surface area (Å²) in [5.41, 5.74) is 3.57. The standard InChI is InChI=1S/C21H21ClN2O/c1-14(2)20-13-18(17-8-3-4-9-19(17)24-20)21(25)23-11-10-15-6-5-7-16(22)12-15/h3-9,12-14H,10-11H2,1-2H3,(H,23,25). The van der Waals surface area contributed by atoms with E-state index >= 15 is 0 Å². The van der Waals surface area contributed by atoms with Crippen LogP contribution >= 0.6 is 11.6 Å². The fourth-order valence-electron chi connectivity index (χ4n) is 2.79. The Morgan fingerprint density at radius 2 is 1.92 bits per heavy atom. The van der Waals surface area contributed by atoms with Gasteiger partial charge in [-0.15, -0.1) is 0 Å². The highest BCUT2D eigenvalue weighted by molar-refractivity contribution is 6.30. The topological polar surface area (TPSA) is 42.0 Å². The molecule has 1 aromatic heterocycles. The minimum absolute atomic E-state index is 0.0671. The van der Waals surface area contributed by atoms with Gasteiger partial charge in [0.25, 0.3) is 5.91 Å². The number of benzene rings is 2. The Balaban J connectivity index is 1.79. The van der Waals surface area contributed by atoms with Crippen molar-refractivity contribution in [1.29, 1.82) is 0 Å². The van der Waals surface area contributed by atoms with Gasteiger partial charge in [0.2, 0.25) is 0 Å². The van der Waals surface area contributed by atoms with Gasteiger partial charge in [-0.2, -0.15) is 0 Å². The van der Waals surface area contributed by atoms with Crippen LogP contribution in [-0.4, -0.2) is 17.4 Å². The van der Waals surface area contributed by atoms with E-state index in [1.54, 1.807) is 0 Å². The van der Waals surface area contributed by atoms with Crippen molar-refractivity contribution < 1.29 is 4.79 Å². The summed E-state index contributed by atoms with van der Waals surface area (Å²) in [5, 5.41) is 4.61. The third-order valence-corrected chi connectivity index (χ3v) is 4.40. The van der Waals surface area contributed by atoms with Crippen molar-refractivity contribution in [3.8, 4) is 0 Å². The zero-order chi connectivity index (χ0) is 17.8. The number of aromatic nitrogens is 1. The van der Waals surface area contributed by atoms with Crippen LogP contribution < -0.4 is 5.32 Å². The van der Waals surface area contributed by atoms with Gasteiger partial charge in [0.05, 0.1) is 11.1 Å². The second-order valence-electron chi connectivity index (χ2n) is 6.40. The number of hydrogen-bond acceptors (Lipinski definition) is 2. The van der Waals surface area contributed by atoms with Crippen LogP contribution in [-0.2, 0) is 6.42 Å². The molecule has 25 heavy (non-hydrogen) atoms. The number of carbonyl (C=O) groups excluding carboxylic acids is 1. The second-order valence-corrected chi connectivity index (χ2v) is 6.84. The average molecular weight is 353 g/mol. The number of carbonyl (C=O) groups is 1. The lowest BCUT2D eigenvalue weighted by atomic mass is 10.0. The Bertz CT molecular complexity index is 905. The van der Waals surface area contributed by atoms with E-state index in [2.05, 4.69) is 24.1 Å². The zero-order valence-electron chi connectivity index (χ0n) is 14.4.